The van der Waals surface area contributed by atoms with Gasteiger partial charge >= 0.3 is 6.18 Å². The second-order valence-electron chi connectivity index (χ2n) is 4.29. The lowest BCUT2D eigenvalue weighted by Crippen LogP contribution is -2.11. The highest BCUT2D eigenvalue weighted by Gasteiger charge is 2.34. The number of ketones is 1. The van der Waals surface area contributed by atoms with E-state index in [1.54, 1.807) is 0 Å². The summed E-state index contributed by atoms with van der Waals surface area (Å²) in [6.07, 6.45) is -4.66. The fourth-order valence-electron chi connectivity index (χ4n) is 1.95. The van der Waals surface area contributed by atoms with Crippen molar-refractivity contribution in [2.75, 3.05) is 0 Å². The molecule has 0 radical (unpaired) electrons. The van der Waals surface area contributed by atoms with E-state index in [0.29, 0.717) is 0 Å². The van der Waals surface area contributed by atoms with Crippen molar-refractivity contribution in [1.82, 2.24) is 0 Å². The lowest BCUT2D eigenvalue weighted by molar-refractivity contribution is -0.137. The molecule has 0 spiro atoms. The minimum atomic E-state index is -4.66. The summed E-state index contributed by atoms with van der Waals surface area (Å²) in [7, 11) is 0. The van der Waals surface area contributed by atoms with Gasteiger partial charge in [-0.25, -0.2) is 4.39 Å². The number of Topliss-reactive ketones (excluding diaryl/α,β-unsaturated/α-hetero) is 1. The van der Waals surface area contributed by atoms with E-state index in [0.717, 1.165) is 19.1 Å². The molecule has 0 saturated heterocycles. The van der Waals surface area contributed by atoms with Crippen molar-refractivity contribution in [1.29, 1.82) is 0 Å². The Hall–Kier alpha value is -2.17. The van der Waals surface area contributed by atoms with E-state index in [1.165, 1.54) is 30.3 Å². The number of carbonyl (C=O) groups excluding carboxylic acids is 1. The summed E-state index contributed by atoms with van der Waals surface area (Å²) in [6, 6.07) is 8.73. The van der Waals surface area contributed by atoms with Gasteiger partial charge in [-0.1, -0.05) is 30.3 Å². The molecule has 0 amide bonds. The molecule has 2 aromatic rings. The van der Waals surface area contributed by atoms with Crippen LogP contribution in [0.15, 0.2) is 42.5 Å². The van der Waals surface area contributed by atoms with E-state index in [1.807, 2.05) is 0 Å². The molecule has 1 nitrogen and oxygen atoms in total. The molecule has 0 aliphatic heterocycles. The molecule has 0 aliphatic carbocycles. The summed E-state index contributed by atoms with van der Waals surface area (Å²) in [5.74, 6) is -1.30. The largest absolute Gasteiger partial charge is 0.417 e. The van der Waals surface area contributed by atoms with Crippen molar-refractivity contribution < 1.29 is 22.4 Å². The summed E-state index contributed by atoms with van der Waals surface area (Å²) in [4.78, 5) is 11.3. The first-order chi connectivity index (χ1) is 9.30. The summed E-state index contributed by atoms with van der Waals surface area (Å²) in [5.41, 5.74) is -1.32. The van der Waals surface area contributed by atoms with Crippen molar-refractivity contribution in [3.05, 3.63) is 59.4 Å². The number of benzene rings is 2. The maximum absolute atomic E-state index is 13.6. The third kappa shape index (κ3) is 2.71. The number of carbonyl (C=O) groups is 1. The monoisotopic (exact) mass is 282 g/mol. The van der Waals surface area contributed by atoms with E-state index >= 15 is 0 Å². The minimum Gasteiger partial charge on any atom is -0.294 e. The average molecular weight is 282 g/mol. The van der Waals surface area contributed by atoms with Gasteiger partial charge in [-0.05, 0) is 24.6 Å². The minimum absolute atomic E-state index is 0.0631. The topological polar surface area (TPSA) is 17.1 Å². The van der Waals surface area contributed by atoms with Crippen LogP contribution in [0.1, 0.15) is 22.8 Å². The Kier molecular flexibility index (Phi) is 3.61. The molecule has 0 fully saturated rings. The third-order valence-electron chi connectivity index (χ3n) is 2.89. The van der Waals surface area contributed by atoms with Gasteiger partial charge in [0, 0.05) is 11.1 Å². The number of rotatable bonds is 2. The predicted molar refractivity (Wildman–Crippen MR) is 66.8 cm³/mol. The first kappa shape index (κ1) is 14.2. The van der Waals surface area contributed by atoms with Gasteiger partial charge in [0.1, 0.15) is 5.82 Å². The number of halogens is 4. The molecule has 0 N–H and O–H groups in total. The molecule has 2 aromatic carbocycles. The molecule has 0 aromatic heterocycles. The van der Waals surface area contributed by atoms with E-state index in [2.05, 4.69) is 0 Å². The standard InChI is InChI=1S/C15H10F4O/c1-9(20)11-7-6-10(8-13(11)15(17,18)19)12-4-2-3-5-14(12)16/h2-8H,1H3. The lowest BCUT2D eigenvalue weighted by atomic mass is 9.97. The van der Waals surface area contributed by atoms with Crippen molar-refractivity contribution in [2.45, 2.75) is 13.1 Å². The highest BCUT2D eigenvalue weighted by molar-refractivity contribution is 5.96. The Labute approximate surface area is 112 Å². The summed E-state index contributed by atoms with van der Waals surface area (Å²) in [6.45, 7) is 1.06. The highest BCUT2D eigenvalue weighted by Crippen LogP contribution is 2.35. The Morgan fingerprint density at radius 3 is 2.25 bits per heavy atom. The second kappa shape index (κ2) is 5.07. The van der Waals surface area contributed by atoms with E-state index in [9.17, 15) is 22.4 Å². The van der Waals surface area contributed by atoms with Crippen LogP contribution in [0.2, 0.25) is 0 Å². The molecular weight excluding hydrogens is 272 g/mol. The fraction of sp³-hybridized carbons (Fsp3) is 0.133. The van der Waals surface area contributed by atoms with E-state index < -0.39 is 28.9 Å². The number of alkyl halides is 3. The molecular formula is C15H10F4O. The Morgan fingerprint density at radius 2 is 1.70 bits per heavy atom. The summed E-state index contributed by atoms with van der Waals surface area (Å²) < 4.78 is 52.5. The first-order valence-electron chi connectivity index (χ1n) is 5.78. The Morgan fingerprint density at radius 1 is 1.05 bits per heavy atom. The smallest absolute Gasteiger partial charge is 0.294 e. The van der Waals surface area contributed by atoms with Crippen LogP contribution in [-0.4, -0.2) is 5.78 Å². The van der Waals surface area contributed by atoms with Crippen molar-refractivity contribution in [2.24, 2.45) is 0 Å². The van der Waals surface area contributed by atoms with Crippen LogP contribution in [0.25, 0.3) is 11.1 Å². The van der Waals surface area contributed by atoms with Crippen LogP contribution in [0.5, 0.6) is 0 Å². The van der Waals surface area contributed by atoms with Gasteiger partial charge in [0.05, 0.1) is 5.56 Å². The normalized spacial score (nSPS) is 11.4. The van der Waals surface area contributed by atoms with Gasteiger partial charge in [-0.15, -0.1) is 0 Å². The molecule has 0 unspecified atom stereocenters. The van der Waals surface area contributed by atoms with Crippen molar-refractivity contribution in [3.8, 4) is 11.1 Å². The molecule has 0 saturated carbocycles. The molecule has 0 bridgehead atoms. The zero-order valence-electron chi connectivity index (χ0n) is 10.5. The third-order valence-corrected chi connectivity index (χ3v) is 2.89. The first-order valence-corrected chi connectivity index (χ1v) is 5.78. The Balaban J connectivity index is 2.65. The van der Waals surface area contributed by atoms with Crippen LogP contribution in [0.3, 0.4) is 0 Å². The van der Waals surface area contributed by atoms with Gasteiger partial charge in [0.2, 0.25) is 0 Å². The fourth-order valence-corrected chi connectivity index (χ4v) is 1.95. The zero-order chi connectivity index (χ0) is 14.9. The average Bonchev–Trinajstić information content (AvgIpc) is 2.37. The van der Waals surface area contributed by atoms with E-state index in [-0.39, 0.29) is 11.1 Å². The van der Waals surface area contributed by atoms with Crippen LogP contribution in [-0.2, 0) is 6.18 Å². The van der Waals surface area contributed by atoms with Gasteiger partial charge < -0.3 is 0 Å². The van der Waals surface area contributed by atoms with Gasteiger partial charge in [-0.3, -0.25) is 4.79 Å². The number of hydrogen-bond donors (Lipinski definition) is 0. The molecule has 20 heavy (non-hydrogen) atoms. The SMILES string of the molecule is CC(=O)c1ccc(-c2ccccc2F)cc1C(F)(F)F. The maximum Gasteiger partial charge on any atom is 0.417 e. The van der Waals surface area contributed by atoms with Crippen LogP contribution < -0.4 is 0 Å². The highest BCUT2D eigenvalue weighted by atomic mass is 19.4. The molecule has 104 valence electrons. The molecule has 0 atom stereocenters. The van der Waals surface area contributed by atoms with Gasteiger partial charge in [0.25, 0.3) is 0 Å². The van der Waals surface area contributed by atoms with Crippen LogP contribution in [0.4, 0.5) is 17.6 Å². The van der Waals surface area contributed by atoms with Crippen LogP contribution >= 0.6 is 0 Å². The molecule has 5 heteroatoms. The number of hydrogen-bond acceptors (Lipinski definition) is 1. The van der Waals surface area contributed by atoms with Crippen LogP contribution in [0, 0.1) is 5.82 Å². The molecule has 0 heterocycles. The molecule has 0 aliphatic rings. The maximum atomic E-state index is 13.6. The van der Waals surface area contributed by atoms with Gasteiger partial charge in [-0.2, -0.15) is 13.2 Å². The summed E-state index contributed by atoms with van der Waals surface area (Å²) in [5, 5.41) is 0. The summed E-state index contributed by atoms with van der Waals surface area (Å²) >= 11 is 0. The van der Waals surface area contributed by atoms with Crippen molar-refractivity contribution >= 4 is 5.78 Å². The lowest BCUT2D eigenvalue weighted by Gasteiger charge is -2.13. The second-order valence-corrected chi connectivity index (χ2v) is 4.29. The predicted octanol–water partition coefficient (Wildman–Crippen LogP) is 4.71. The van der Waals surface area contributed by atoms with Crippen molar-refractivity contribution in [3.63, 3.8) is 0 Å². The molecule has 2 rings (SSSR count). The Bertz CT molecular complexity index is 659. The van der Waals surface area contributed by atoms with E-state index in [4.69, 9.17) is 0 Å². The quantitative estimate of drug-likeness (QED) is 0.575. The van der Waals surface area contributed by atoms with Gasteiger partial charge in [0.15, 0.2) is 5.78 Å². The zero-order valence-corrected chi connectivity index (χ0v) is 10.5.